The van der Waals surface area contributed by atoms with Crippen molar-refractivity contribution in [3.8, 4) is 11.8 Å². The summed E-state index contributed by atoms with van der Waals surface area (Å²) in [7, 11) is 1.68. The molecule has 1 fully saturated rings. The number of nitriles is 1. The van der Waals surface area contributed by atoms with Crippen molar-refractivity contribution in [2.75, 3.05) is 20.2 Å². The predicted molar refractivity (Wildman–Crippen MR) is 83.4 cm³/mol. The van der Waals surface area contributed by atoms with Gasteiger partial charge in [-0.25, -0.2) is 0 Å². The third-order valence-electron chi connectivity index (χ3n) is 4.55. The van der Waals surface area contributed by atoms with Crippen LogP contribution in [0.25, 0.3) is 10.9 Å². The van der Waals surface area contributed by atoms with Crippen LogP contribution in [0.3, 0.4) is 0 Å². The van der Waals surface area contributed by atoms with Crippen LogP contribution in [0.5, 0.6) is 5.75 Å². The lowest BCUT2D eigenvalue weighted by Gasteiger charge is -2.32. The van der Waals surface area contributed by atoms with Crippen LogP contribution >= 0.6 is 0 Å². The molecule has 0 saturated carbocycles. The molecule has 3 rings (SSSR count). The van der Waals surface area contributed by atoms with Crippen molar-refractivity contribution >= 4 is 10.9 Å². The Morgan fingerprint density at radius 3 is 2.81 bits per heavy atom. The molecule has 0 bridgehead atoms. The van der Waals surface area contributed by atoms with Crippen LogP contribution in [0.15, 0.2) is 24.4 Å². The molecule has 1 saturated heterocycles. The van der Waals surface area contributed by atoms with Crippen molar-refractivity contribution in [3.05, 3.63) is 30.0 Å². The van der Waals surface area contributed by atoms with Gasteiger partial charge in [0.15, 0.2) is 0 Å². The van der Waals surface area contributed by atoms with Gasteiger partial charge >= 0.3 is 0 Å². The minimum atomic E-state index is -0.436. The number of nitrogens with one attached hydrogen (secondary N) is 1. The molecule has 1 aromatic heterocycles. The van der Waals surface area contributed by atoms with E-state index in [1.165, 1.54) is 18.4 Å². The van der Waals surface area contributed by atoms with Gasteiger partial charge in [-0.05, 0) is 56.6 Å². The zero-order valence-electron chi connectivity index (χ0n) is 12.6. The van der Waals surface area contributed by atoms with Gasteiger partial charge in [0.25, 0.3) is 0 Å². The number of benzene rings is 1. The van der Waals surface area contributed by atoms with Crippen LogP contribution in [0.1, 0.15) is 25.3 Å². The van der Waals surface area contributed by atoms with Gasteiger partial charge in [0, 0.05) is 23.5 Å². The predicted octanol–water partition coefficient (Wildman–Crippen LogP) is 3.10. The van der Waals surface area contributed by atoms with Gasteiger partial charge in [-0.1, -0.05) is 0 Å². The molecule has 0 radical (unpaired) electrons. The summed E-state index contributed by atoms with van der Waals surface area (Å²) in [5.74, 6) is 0.850. The molecule has 0 amide bonds. The fourth-order valence-corrected chi connectivity index (χ4v) is 3.23. The highest BCUT2D eigenvalue weighted by Crippen LogP contribution is 2.30. The molecule has 2 heterocycles. The number of methoxy groups -OCH3 is 1. The SMILES string of the molecule is COc1ccc2[nH]cc(CC(C)(C#N)N3CCCC3)c2c1. The first kappa shape index (κ1) is 14.0. The van der Waals surface area contributed by atoms with Gasteiger partial charge in [-0.3, -0.25) is 4.90 Å². The summed E-state index contributed by atoms with van der Waals surface area (Å²) >= 11 is 0. The molecule has 0 aliphatic carbocycles. The molecule has 110 valence electrons. The van der Waals surface area contributed by atoms with E-state index in [0.717, 1.165) is 36.2 Å². The van der Waals surface area contributed by atoms with Crippen LogP contribution in [0, 0.1) is 11.3 Å². The third-order valence-corrected chi connectivity index (χ3v) is 4.55. The molecule has 2 aromatic rings. The van der Waals surface area contributed by atoms with Crippen molar-refractivity contribution in [3.63, 3.8) is 0 Å². The second-order valence-corrected chi connectivity index (χ2v) is 5.98. The molecule has 0 spiro atoms. The first-order valence-electron chi connectivity index (χ1n) is 7.46. The number of hydrogen-bond donors (Lipinski definition) is 1. The zero-order valence-corrected chi connectivity index (χ0v) is 12.6. The summed E-state index contributed by atoms with van der Waals surface area (Å²) < 4.78 is 5.31. The molecular weight excluding hydrogens is 262 g/mol. The van der Waals surface area contributed by atoms with Crippen molar-refractivity contribution in [2.45, 2.75) is 31.7 Å². The van der Waals surface area contributed by atoms with Crippen molar-refractivity contribution in [1.82, 2.24) is 9.88 Å². The fraction of sp³-hybridized carbons (Fsp3) is 0.471. The maximum absolute atomic E-state index is 9.69. The van der Waals surface area contributed by atoms with Gasteiger partial charge in [-0.15, -0.1) is 0 Å². The minimum absolute atomic E-state index is 0.436. The first-order valence-corrected chi connectivity index (χ1v) is 7.46. The normalized spacial score (nSPS) is 18.5. The lowest BCUT2D eigenvalue weighted by Crippen LogP contribution is -2.45. The number of likely N-dealkylation sites (tertiary alicyclic amines) is 1. The summed E-state index contributed by atoms with van der Waals surface area (Å²) in [6.45, 7) is 4.10. The number of H-pyrrole nitrogens is 1. The highest BCUT2D eigenvalue weighted by Gasteiger charge is 2.34. The Labute approximate surface area is 125 Å². The standard InChI is InChI=1S/C17H21N3O/c1-17(12-18,20-7-3-4-8-20)10-13-11-19-16-6-5-14(21-2)9-15(13)16/h5-6,9,11,19H,3-4,7-8,10H2,1-2H3. The van der Waals surface area contributed by atoms with Gasteiger partial charge in [0.1, 0.15) is 11.3 Å². The van der Waals surface area contributed by atoms with E-state index in [0.29, 0.717) is 0 Å². The summed E-state index contributed by atoms with van der Waals surface area (Å²) in [4.78, 5) is 5.60. The Kier molecular flexibility index (Phi) is 3.60. The molecule has 21 heavy (non-hydrogen) atoms. The number of aromatic amines is 1. The van der Waals surface area contributed by atoms with E-state index in [1.807, 2.05) is 24.4 Å². The van der Waals surface area contributed by atoms with E-state index in [1.54, 1.807) is 7.11 Å². The molecular formula is C17H21N3O. The lowest BCUT2D eigenvalue weighted by molar-refractivity contribution is 0.192. The third kappa shape index (κ3) is 2.50. The maximum atomic E-state index is 9.69. The second kappa shape index (κ2) is 5.42. The number of nitrogens with zero attached hydrogens (tertiary/aromatic N) is 2. The van der Waals surface area contributed by atoms with E-state index in [4.69, 9.17) is 4.74 Å². The number of aromatic nitrogens is 1. The van der Waals surface area contributed by atoms with Gasteiger partial charge in [0.05, 0.1) is 13.2 Å². The number of hydrogen-bond acceptors (Lipinski definition) is 3. The lowest BCUT2D eigenvalue weighted by atomic mass is 9.92. The Balaban J connectivity index is 1.94. The Bertz CT molecular complexity index is 679. The van der Waals surface area contributed by atoms with Crippen LogP contribution < -0.4 is 4.74 Å². The van der Waals surface area contributed by atoms with Crippen molar-refractivity contribution in [2.24, 2.45) is 0 Å². The largest absolute Gasteiger partial charge is 0.497 e. The van der Waals surface area contributed by atoms with Crippen molar-refractivity contribution in [1.29, 1.82) is 5.26 Å². The zero-order chi connectivity index (χ0) is 14.9. The van der Waals surface area contributed by atoms with Crippen LogP contribution in [-0.4, -0.2) is 35.6 Å². The summed E-state index contributed by atoms with van der Waals surface area (Å²) in [6.07, 6.45) is 5.14. The average molecular weight is 283 g/mol. The second-order valence-electron chi connectivity index (χ2n) is 5.98. The molecule has 1 unspecified atom stereocenters. The van der Waals surface area contributed by atoms with Gasteiger partial charge < -0.3 is 9.72 Å². The smallest absolute Gasteiger partial charge is 0.119 e. The van der Waals surface area contributed by atoms with E-state index < -0.39 is 5.54 Å². The van der Waals surface area contributed by atoms with Crippen LogP contribution in [0.4, 0.5) is 0 Å². The maximum Gasteiger partial charge on any atom is 0.119 e. The average Bonchev–Trinajstić information content (AvgIpc) is 3.17. The topological polar surface area (TPSA) is 52.1 Å². The number of fused-ring (bicyclic) bond motifs is 1. The van der Waals surface area contributed by atoms with E-state index in [2.05, 4.69) is 22.9 Å². The van der Waals surface area contributed by atoms with E-state index in [-0.39, 0.29) is 0 Å². The molecule has 4 nitrogen and oxygen atoms in total. The Hall–Kier alpha value is -1.99. The van der Waals surface area contributed by atoms with Gasteiger partial charge in [-0.2, -0.15) is 5.26 Å². The Morgan fingerprint density at radius 1 is 1.38 bits per heavy atom. The molecule has 1 aliphatic rings. The quantitative estimate of drug-likeness (QED) is 0.938. The van der Waals surface area contributed by atoms with Crippen LogP contribution in [0.2, 0.25) is 0 Å². The summed E-state index contributed by atoms with van der Waals surface area (Å²) in [5, 5.41) is 10.8. The summed E-state index contributed by atoms with van der Waals surface area (Å²) in [6, 6.07) is 8.55. The van der Waals surface area contributed by atoms with Crippen molar-refractivity contribution < 1.29 is 4.74 Å². The molecule has 1 atom stereocenters. The molecule has 4 heteroatoms. The monoisotopic (exact) mass is 283 g/mol. The number of ether oxygens (including phenoxy) is 1. The Morgan fingerprint density at radius 2 is 2.14 bits per heavy atom. The van der Waals surface area contributed by atoms with Gasteiger partial charge in [0.2, 0.25) is 0 Å². The summed E-state index contributed by atoms with van der Waals surface area (Å²) in [5.41, 5.74) is 1.83. The number of rotatable bonds is 4. The first-order chi connectivity index (χ1) is 10.2. The van der Waals surface area contributed by atoms with Crippen LogP contribution in [-0.2, 0) is 6.42 Å². The minimum Gasteiger partial charge on any atom is -0.497 e. The fourth-order valence-electron chi connectivity index (χ4n) is 3.23. The highest BCUT2D eigenvalue weighted by molar-refractivity contribution is 5.84. The van der Waals surface area contributed by atoms with E-state index >= 15 is 0 Å². The molecule has 1 aliphatic heterocycles. The highest BCUT2D eigenvalue weighted by atomic mass is 16.5. The van der Waals surface area contributed by atoms with E-state index in [9.17, 15) is 5.26 Å². The molecule has 1 aromatic carbocycles. The molecule has 1 N–H and O–H groups in total.